The van der Waals surface area contributed by atoms with Gasteiger partial charge in [-0.1, -0.05) is 12.1 Å². The van der Waals surface area contributed by atoms with Crippen molar-refractivity contribution in [1.29, 1.82) is 0 Å². The lowest BCUT2D eigenvalue weighted by Gasteiger charge is -1.98. The minimum absolute atomic E-state index is 0.0779. The van der Waals surface area contributed by atoms with Crippen molar-refractivity contribution in [3.8, 4) is 0 Å². The molecule has 0 aliphatic carbocycles. The number of alkyl halides is 2. The van der Waals surface area contributed by atoms with Crippen molar-refractivity contribution in [3.05, 3.63) is 41.2 Å². The summed E-state index contributed by atoms with van der Waals surface area (Å²) in [7, 11) is 0. The molecule has 0 unspecified atom stereocenters. The van der Waals surface area contributed by atoms with Gasteiger partial charge in [-0.3, -0.25) is 0 Å². The van der Waals surface area contributed by atoms with Crippen LogP contribution in [0.25, 0.3) is 6.08 Å². The van der Waals surface area contributed by atoms with E-state index in [0.717, 1.165) is 6.07 Å². The molecular weight excluding hydrogens is 209 g/mol. The minimum Gasteiger partial charge on any atom is -0.478 e. The van der Waals surface area contributed by atoms with E-state index in [4.69, 9.17) is 5.11 Å². The zero-order chi connectivity index (χ0) is 11.4. The quantitative estimate of drug-likeness (QED) is 0.843. The van der Waals surface area contributed by atoms with Gasteiger partial charge < -0.3 is 5.11 Å². The van der Waals surface area contributed by atoms with Gasteiger partial charge in [0, 0.05) is 0 Å². The molecule has 0 bridgehead atoms. The predicted octanol–water partition coefficient (Wildman–Crippen LogP) is 2.96. The van der Waals surface area contributed by atoms with Crippen molar-refractivity contribution in [3.63, 3.8) is 0 Å². The van der Waals surface area contributed by atoms with Gasteiger partial charge in [0.15, 0.2) is 5.83 Å². The Hall–Kier alpha value is -1.78. The highest BCUT2D eigenvalue weighted by Crippen LogP contribution is 2.15. The average molecular weight is 216 g/mol. The fourth-order valence-electron chi connectivity index (χ4n) is 0.984. The van der Waals surface area contributed by atoms with E-state index in [1.807, 2.05) is 0 Å². The summed E-state index contributed by atoms with van der Waals surface area (Å²) < 4.78 is 36.1. The monoisotopic (exact) mass is 216 g/mol. The minimum atomic E-state index is -3.18. The Balaban J connectivity index is 3.01. The molecule has 0 aliphatic heterocycles. The molecule has 0 fully saturated rings. The molecule has 0 atom stereocenters. The van der Waals surface area contributed by atoms with Crippen LogP contribution in [0.3, 0.4) is 0 Å². The molecule has 0 radical (unpaired) electrons. The largest absolute Gasteiger partial charge is 0.478 e. The van der Waals surface area contributed by atoms with E-state index < -0.39 is 18.2 Å². The number of halogens is 3. The molecule has 0 aromatic heterocycles. The van der Waals surface area contributed by atoms with E-state index in [9.17, 15) is 18.0 Å². The van der Waals surface area contributed by atoms with Crippen LogP contribution in [0.4, 0.5) is 13.2 Å². The summed E-state index contributed by atoms with van der Waals surface area (Å²) >= 11 is 0. The number of carboxylic acids is 1. The third kappa shape index (κ3) is 3.12. The van der Waals surface area contributed by atoms with Crippen LogP contribution in [0.2, 0.25) is 0 Å². The van der Waals surface area contributed by atoms with Crippen LogP contribution in [0, 0.1) is 0 Å². The normalized spacial score (nSPS) is 11.9. The fraction of sp³-hybridized carbons (Fsp3) is 0.100. The third-order valence-electron chi connectivity index (χ3n) is 1.65. The first kappa shape index (κ1) is 11.3. The molecule has 0 saturated heterocycles. The third-order valence-corrected chi connectivity index (χ3v) is 1.65. The summed E-state index contributed by atoms with van der Waals surface area (Å²) in [5.41, 5.74) is 0.0125. The van der Waals surface area contributed by atoms with Crippen LogP contribution in [-0.4, -0.2) is 17.5 Å². The molecule has 2 nitrogen and oxygen atoms in total. The van der Waals surface area contributed by atoms with Crippen LogP contribution < -0.4 is 0 Å². The predicted molar refractivity (Wildman–Crippen MR) is 48.5 cm³/mol. The number of hydrogen-bond donors (Lipinski definition) is 1. The van der Waals surface area contributed by atoms with Crippen LogP contribution in [0.15, 0.2) is 30.1 Å². The highest BCUT2D eigenvalue weighted by Gasteiger charge is 2.10. The van der Waals surface area contributed by atoms with Crippen LogP contribution in [0.5, 0.6) is 0 Å². The molecule has 5 heteroatoms. The first-order chi connectivity index (χ1) is 7.00. The maximum absolute atomic E-state index is 12.5. The number of carboxylic acid groups (broad SMARTS) is 1. The molecule has 0 heterocycles. The van der Waals surface area contributed by atoms with Gasteiger partial charge in [-0.15, -0.1) is 0 Å². The van der Waals surface area contributed by atoms with Crippen molar-refractivity contribution in [2.24, 2.45) is 0 Å². The van der Waals surface area contributed by atoms with E-state index in [-0.39, 0.29) is 11.1 Å². The fourth-order valence-corrected chi connectivity index (χ4v) is 0.984. The molecule has 0 aliphatic rings. The van der Waals surface area contributed by atoms with Crippen molar-refractivity contribution in [2.75, 3.05) is 0 Å². The summed E-state index contributed by atoms with van der Waals surface area (Å²) in [6.07, 6.45) is -2.57. The molecule has 1 rings (SSSR count). The number of rotatable bonds is 3. The molecule has 15 heavy (non-hydrogen) atoms. The Morgan fingerprint density at radius 2 is 2.07 bits per heavy atom. The second-order valence-corrected chi connectivity index (χ2v) is 2.76. The second kappa shape index (κ2) is 4.63. The highest BCUT2D eigenvalue weighted by molar-refractivity contribution is 5.88. The number of benzene rings is 1. The smallest absolute Gasteiger partial charge is 0.335 e. The van der Waals surface area contributed by atoms with Gasteiger partial charge >= 0.3 is 5.97 Å². The summed E-state index contributed by atoms with van der Waals surface area (Å²) in [5.74, 6) is -2.78. The Morgan fingerprint density at radius 3 is 2.60 bits per heavy atom. The van der Waals surface area contributed by atoms with Crippen molar-refractivity contribution in [1.82, 2.24) is 0 Å². The SMILES string of the molecule is O=C(O)c1cccc(C=C(F)C(F)F)c1. The molecule has 1 aromatic rings. The van der Waals surface area contributed by atoms with Crippen LogP contribution >= 0.6 is 0 Å². The zero-order valence-electron chi connectivity index (χ0n) is 7.45. The van der Waals surface area contributed by atoms with Crippen molar-refractivity contribution < 1.29 is 23.1 Å². The second-order valence-electron chi connectivity index (χ2n) is 2.76. The van der Waals surface area contributed by atoms with E-state index in [1.54, 1.807) is 0 Å². The van der Waals surface area contributed by atoms with Crippen molar-refractivity contribution in [2.45, 2.75) is 6.43 Å². The standard InChI is InChI=1S/C10H7F3O2/c11-8(9(12)13)5-6-2-1-3-7(4-6)10(14)15/h1-5,9H,(H,14,15). The number of hydrogen-bond acceptors (Lipinski definition) is 1. The lowest BCUT2D eigenvalue weighted by Crippen LogP contribution is -1.96. The van der Waals surface area contributed by atoms with Crippen LogP contribution in [-0.2, 0) is 0 Å². The average Bonchev–Trinajstić information content (AvgIpc) is 2.18. The number of allylic oxidation sites excluding steroid dienone is 1. The van der Waals surface area contributed by atoms with Gasteiger partial charge in [-0.25, -0.2) is 18.0 Å². The van der Waals surface area contributed by atoms with Gasteiger partial charge in [0.2, 0.25) is 0 Å². The first-order valence-electron chi connectivity index (χ1n) is 3.99. The molecule has 80 valence electrons. The Labute approximate surface area is 83.7 Å². The molecular formula is C10H7F3O2. The first-order valence-corrected chi connectivity index (χ1v) is 3.99. The number of aromatic carboxylic acids is 1. The maximum atomic E-state index is 12.5. The topological polar surface area (TPSA) is 37.3 Å². The van der Waals surface area contributed by atoms with E-state index in [2.05, 4.69) is 0 Å². The molecule has 1 N–H and O–H groups in total. The van der Waals surface area contributed by atoms with E-state index in [1.165, 1.54) is 18.2 Å². The molecule has 0 saturated carbocycles. The zero-order valence-corrected chi connectivity index (χ0v) is 7.45. The maximum Gasteiger partial charge on any atom is 0.335 e. The van der Waals surface area contributed by atoms with Gasteiger partial charge in [0.25, 0.3) is 6.43 Å². The summed E-state index contributed by atoms with van der Waals surface area (Å²) in [6.45, 7) is 0. The van der Waals surface area contributed by atoms with Crippen LogP contribution in [0.1, 0.15) is 15.9 Å². The Bertz CT molecular complexity index is 399. The van der Waals surface area contributed by atoms with E-state index >= 15 is 0 Å². The summed E-state index contributed by atoms with van der Waals surface area (Å²) in [6, 6.07) is 5.10. The Morgan fingerprint density at radius 1 is 1.40 bits per heavy atom. The molecule has 0 spiro atoms. The van der Waals surface area contributed by atoms with E-state index in [0.29, 0.717) is 6.08 Å². The molecule has 1 aromatic carbocycles. The van der Waals surface area contributed by atoms with Gasteiger partial charge in [0.05, 0.1) is 5.56 Å². The Kier molecular flexibility index (Phi) is 3.49. The van der Waals surface area contributed by atoms with Gasteiger partial charge in [0.1, 0.15) is 0 Å². The van der Waals surface area contributed by atoms with Gasteiger partial charge in [-0.2, -0.15) is 0 Å². The molecule has 0 amide bonds. The summed E-state index contributed by atoms with van der Waals surface area (Å²) in [5, 5.41) is 8.59. The summed E-state index contributed by atoms with van der Waals surface area (Å²) in [4.78, 5) is 10.5. The number of carbonyl (C=O) groups is 1. The van der Waals surface area contributed by atoms with Crippen molar-refractivity contribution >= 4 is 12.0 Å². The van der Waals surface area contributed by atoms with Gasteiger partial charge in [-0.05, 0) is 23.8 Å². The lowest BCUT2D eigenvalue weighted by atomic mass is 10.1. The lowest BCUT2D eigenvalue weighted by molar-refractivity contribution is 0.0697. The highest BCUT2D eigenvalue weighted by atomic mass is 19.3.